The fraction of sp³-hybridized carbons (Fsp3) is 0.0526. The summed E-state index contributed by atoms with van der Waals surface area (Å²) in [5.74, 6) is 0.853. The molecule has 3 aromatic carbocycles. The van der Waals surface area contributed by atoms with Gasteiger partial charge in [0.1, 0.15) is 5.75 Å². The van der Waals surface area contributed by atoms with Crippen LogP contribution in [0.2, 0.25) is 0 Å². The van der Waals surface area contributed by atoms with Crippen LogP contribution in [0, 0.1) is 6.92 Å². The second-order valence-corrected chi connectivity index (χ2v) is 9.28. The summed E-state index contributed by atoms with van der Waals surface area (Å²) in [6.07, 6.45) is 0. The summed E-state index contributed by atoms with van der Waals surface area (Å²) in [6, 6.07) is 18.6. The average molecular weight is 418 g/mol. The van der Waals surface area contributed by atoms with Crippen LogP contribution in [0.15, 0.2) is 82.6 Å². The highest BCUT2D eigenvalue weighted by Gasteiger charge is 2.19. The maximum atomic E-state index is 12.7. The fourth-order valence-corrected chi connectivity index (χ4v) is 4.15. The highest BCUT2D eigenvalue weighted by molar-refractivity contribution is 7.93. The molecule has 0 heterocycles. The first-order valence-electron chi connectivity index (χ1n) is 8.14. The Bertz CT molecular complexity index is 1210. The Morgan fingerprint density at radius 3 is 2.14 bits per heavy atom. The number of sulfonamides is 2. The molecule has 0 aliphatic carbocycles. The molecule has 0 saturated heterocycles. The number of benzene rings is 3. The summed E-state index contributed by atoms with van der Waals surface area (Å²) in [5, 5.41) is 5.08. The van der Waals surface area contributed by atoms with Gasteiger partial charge in [-0.25, -0.2) is 22.0 Å². The third kappa shape index (κ3) is 4.69. The SMILES string of the molecule is Cc1ccc(Oc2ccccc2NS(=O)(=O)c2cccc(S(N)(=O)=O)c2)cc1. The van der Waals surface area contributed by atoms with Crippen LogP contribution in [0.25, 0.3) is 0 Å². The number of para-hydroxylation sites is 2. The van der Waals surface area contributed by atoms with Crippen molar-refractivity contribution in [1.82, 2.24) is 0 Å². The summed E-state index contributed by atoms with van der Waals surface area (Å²) in [4.78, 5) is -0.524. The van der Waals surface area contributed by atoms with Crippen molar-refractivity contribution in [2.24, 2.45) is 5.14 Å². The molecule has 7 nitrogen and oxygen atoms in total. The molecule has 0 amide bonds. The van der Waals surface area contributed by atoms with Crippen molar-refractivity contribution in [2.75, 3.05) is 4.72 Å². The van der Waals surface area contributed by atoms with Gasteiger partial charge in [-0.3, -0.25) is 4.72 Å². The highest BCUT2D eigenvalue weighted by atomic mass is 32.2. The van der Waals surface area contributed by atoms with Crippen molar-refractivity contribution in [3.8, 4) is 11.5 Å². The molecule has 3 rings (SSSR count). The lowest BCUT2D eigenvalue weighted by atomic mass is 10.2. The molecule has 3 N–H and O–H groups in total. The van der Waals surface area contributed by atoms with Gasteiger partial charge in [0.15, 0.2) is 5.75 Å². The molecule has 28 heavy (non-hydrogen) atoms. The number of ether oxygens (including phenoxy) is 1. The van der Waals surface area contributed by atoms with Crippen molar-refractivity contribution >= 4 is 25.7 Å². The number of anilines is 1. The highest BCUT2D eigenvalue weighted by Crippen LogP contribution is 2.31. The molecule has 146 valence electrons. The fourth-order valence-electron chi connectivity index (χ4n) is 2.40. The molecule has 0 aliphatic rings. The average Bonchev–Trinajstić information content (AvgIpc) is 2.64. The Kier molecular flexibility index (Phi) is 5.41. The van der Waals surface area contributed by atoms with Crippen LogP contribution < -0.4 is 14.6 Å². The lowest BCUT2D eigenvalue weighted by Gasteiger charge is -2.14. The van der Waals surface area contributed by atoms with E-state index in [1.54, 1.807) is 36.4 Å². The largest absolute Gasteiger partial charge is 0.455 e. The number of aryl methyl sites for hydroxylation is 1. The normalized spacial score (nSPS) is 11.8. The predicted octanol–water partition coefficient (Wildman–Crippen LogP) is 3.24. The van der Waals surface area contributed by atoms with E-state index in [9.17, 15) is 16.8 Å². The zero-order valence-electron chi connectivity index (χ0n) is 14.9. The first-order valence-corrected chi connectivity index (χ1v) is 11.2. The predicted molar refractivity (Wildman–Crippen MR) is 106 cm³/mol. The van der Waals surface area contributed by atoms with Crippen molar-refractivity contribution < 1.29 is 21.6 Å². The van der Waals surface area contributed by atoms with Crippen LogP contribution in [0.5, 0.6) is 11.5 Å². The van der Waals surface area contributed by atoms with Gasteiger partial charge in [-0.1, -0.05) is 35.9 Å². The lowest BCUT2D eigenvalue weighted by molar-refractivity contribution is 0.484. The second-order valence-electron chi connectivity index (χ2n) is 6.04. The summed E-state index contributed by atoms with van der Waals surface area (Å²) in [7, 11) is -8.10. The zero-order chi connectivity index (χ0) is 20.4. The smallest absolute Gasteiger partial charge is 0.262 e. The molecule has 0 radical (unpaired) electrons. The number of hydrogen-bond donors (Lipinski definition) is 2. The van der Waals surface area contributed by atoms with Gasteiger partial charge in [-0.2, -0.15) is 0 Å². The lowest BCUT2D eigenvalue weighted by Crippen LogP contribution is -2.16. The van der Waals surface area contributed by atoms with E-state index in [0.29, 0.717) is 11.5 Å². The summed E-state index contributed by atoms with van der Waals surface area (Å²) < 4.78 is 56.7. The number of hydrogen-bond acceptors (Lipinski definition) is 5. The van der Waals surface area contributed by atoms with E-state index in [2.05, 4.69) is 4.72 Å². The van der Waals surface area contributed by atoms with Gasteiger partial charge in [-0.15, -0.1) is 0 Å². The molecule has 0 bridgehead atoms. The zero-order valence-corrected chi connectivity index (χ0v) is 16.5. The minimum absolute atomic E-state index is 0.212. The summed E-state index contributed by atoms with van der Waals surface area (Å²) in [6.45, 7) is 1.95. The Hall–Kier alpha value is -2.88. The Balaban J connectivity index is 1.92. The number of primary sulfonamides is 1. The van der Waals surface area contributed by atoms with Crippen molar-refractivity contribution in [2.45, 2.75) is 16.7 Å². The van der Waals surface area contributed by atoms with E-state index in [0.717, 1.165) is 11.6 Å². The first-order chi connectivity index (χ1) is 13.1. The Morgan fingerprint density at radius 1 is 0.821 bits per heavy atom. The number of nitrogens with two attached hydrogens (primary N) is 1. The molecular formula is C19H18N2O5S2. The van der Waals surface area contributed by atoms with E-state index >= 15 is 0 Å². The van der Waals surface area contributed by atoms with Crippen LogP contribution in [0.3, 0.4) is 0 Å². The number of rotatable bonds is 6. The van der Waals surface area contributed by atoms with Gasteiger partial charge in [0.2, 0.25) is 10.0 Å². The molecule has 3 aromatic rings. The quantitative estimate of drug-likeness (QED) is 0.638. The topological polar surface area (TPSA) is 116 Å². The molecule has 0 fully saturated rings. The van der Waals surface area contributed by atoms with Gasteiger partial charge < -0.3 is 4.74 Å². The monoisotopic (exact) mass is 418 g/mol. The first kappa shape index (κ1) is 19.9. The van der Waals surface area contributed by atoms with E-state index in [1.165, 1.54) is 18.2 Å². The molecule has 0 aromatic heterocycles. The van der Waals surface area contributed by atoms with Crippen molar-refractivity contribution in [3.05, 3.63) is 78.4 Å². The van der Waals surface area contributed by atoms with Gasteiger partial charge in [-0.05, 0) is 49.4 Å². The maximum absolute atomic E-state index is 12.7. The van der Waals surface area contributed by atoms with E-state index < -0.39 is 20.0 Å². The standard InChI is InChI=1S/C19H18N2O5S2/c1-14-9-11-15(12-10-14)26-19-8-3-2-7-18(19)21-28(24,25)17-6-4-5-16(13-17)27(20,22)23/h2-13,21H,1H3,(H2,20,22,23). The van der Waals surface area contributed by atoms with Crippen LogP contribution >= 0.6 is 0 Å². The van der Waals surface area contributed by atoms with Crippen molar-refractivity contribution in [1.29, 1.82) is 0 Å². The van der Waals surface area contributed by atoms with Gasteiger partial charge in [0.05, 0.1) is 15.5 Å². The molecule has 0 aliphatic heterocycles. The van der Waals surface area contributed by atoms with Crippen LogP contribution in [0.1, 0.15) is 5.56 Å². The minimum Gasteiger partial charge on any atom is -0.455 e. The van der Waals surface area contributed by atoms with Crippen LogP contribution in [-0.4, -0.2) is 16.8 Å². The molecule has 0 spiro atoms. The Labute approximate surface area is 163 Å². The van der Waals surface area contributed by atoms with Gasteiger partial charge in [0, 0.05) is 0 Å². The second kappa shape index (κ2) is 7.63. The third-order valence-corrected chi connectivity index (χ3v) is 6.10. The molecule has 9 heteroatoms. The van der Waals surface area contributed by atoms with E-state index in [-0.39, 0.29) is 15.5 Å². The molecule has 0 unspecified atom stereocenters. The van der Waals surface area contributed by atoms with E-state index in [1.807, 2.05) is 19.1 Å². The van der Waals surface area contributed by atoms with E-state index in [4.69, 9.17) is 9.88 Å². The van der Waals surface area contributed by atoms with Gasteiger partial charge >= 0.3 is 0 Å². The molecule has 0 atom stereocenters. The third-order valence-electron chi connectivity index (χ3n) is 3.82. The molecule has 0 saturated carbocycles. The molecular weight excluding hydrogens is 400 g/mol. The van der Waals surface area contributed by atoms with Gasteiger partial charge in [0.25, 0.3) is 10.0 Å². The Morgan fingerprint density at radius 2 is 1.46 bits per heavy atom. The minimum atomic E-state index is -4.07. The maximum Gasteiger partial charge on any atom is 0.262 e. The van der Waals surface area contributed by atoms with Crippen molar-refractivity contribution in [3.63, 3.8) is 0 Å². The van der Waals surface area contributed by atoms with Crippen LogP contribution in [0.4, 0.5) is 5.69 Å². The summed E-state index contributed by atoms with van der Waals surface area (Å²) >= 11 is 0. The summed E-state index contributed by atoms with van der Waals surface area (Å²) in [5.41, 5.74) is 1.28. The van der Waals surface area contributed by atoms with Crippen LogP contribution in [-0.2, 0) is 20.0 Å². The number of nitrogens with one attached hydrogen (secondary N) is 1.